The number of rotatable bonds is 4. The van der Waals surface area contributed by atoms with E-state index in [1.165, 1.54) is 0 Å². The van der Waals surface area contributed by atoms with Crippen LogP contribution in [0, 0.1) is 5.41 Å². The first-order chi connectivity index (χ1) is 8.50. The van der Waals surface area contributed by atoms with Crippen molar-refractivity contribution >= 4 is 0 Å². The van der Waals surface area contributed by atoms with E-state index >= 15 is 0 Å². The molecule has 0 radical (unpaired) electrons. The summed E-state index contributed by atoms with van der Waals surface area (Å²) in [7, 11) is 1.97. The van der Waals surface area contributed by atoms with Crippen LogP contribution in [0.25, 0.3) is 0 Å². The van der Waals surface area contributed by atoms with Crippen LogP contribution < -0.4 is 5.32 Å². The van der Waals surface area contributed by atoms with Crippen LogP contribution in [0.15, 0.2) is 4.52 Å². The Labute approximate surface area is 108 Å². The summed E-state index contributed by atoms with van der Waals surface area (Å²) in [4.78, 5) is 4.50. The first kappa shape index (κ1) is 13.5. The van der Waals surface area contributed by atoms with Gasteiger partial charge in [0, 0.05) is 25.0 Å². The second-order valence-corrected chi connectivity index (χ2v) is 6.02. The van der Waals surface area contributed by atoms with Crippen LogP contribution >= 0.6 is 0 Å². The van der Waals surface area contributed by atoms with Crippen molar-refractivity contribution in [2.45, 2.75) is 45.6 Å². The molecule has 2 rings (SSSR count). The minimum atomic E-state index is 0.167. The molecule has 18 heavy (non-hydrogen) atoms. The Morgan fingerprint density at radius 3 is 2.78 bits per heavy atom. The van der Waals surface area contributed by atoms with Gasteiger partial charge in [0.2, 0.25) is 5.89 Å². The van der Waals surface area contributed by atoms with Gasteiger partial charge in [-0.25, -0.2) is 0 Å². The summed E-state index contributed by atoms with van der Waals surface area (Å²) < 4.78 is 10.7. The Morgan fingerprint density at radius 1 is 1.44 bits per heavy atom. The minimum absolute atomic E-state index is 0.167. The fraction of sp³-hybridized carbons (Fsp3) is 0.846. The van der Waals surface area contributed by atoms with Crippen molar-refractivity contribution in [3.8, 4) is 0 Å². The quantitative estimate of drug-likeness (QED) is 0.886. The fourth-order valence-electron chi connectivity index (χ4n) is 2.27. The molecule has 0 aromatic carbocycles. The Hall–Kier alpha value is -0.940. The van der Waals surface area contributed by atoms with E-state index in [0.717, 1.165) is 25.3 Å². The number of hydrogen-bond acceptors (Lipinski definition) is 5. The zero-order valence-corrected chi connectivity index (χ0v) is 11.7. The second kappa shape index (κ2) is 5.36. The maximum absolute atomic E-state index is 5.35. The van der Waals surface area contributed by atoms with E-state index in [9.17, 15) is 0 Å². The first-order valence-electron chi connectivity index (χ1n) is 6.58. The lowest BCUT2D eigenvalue weighted by molar-refractivity contribution is 0.192. The van der Waals surface area contributed by atoms with Crippen molar-refractivity contribution in [2.24, 2.45) is 5.41 Å². The van der Waals surface area contributed by atoms with Crippen molar-refractivity contribution in [1.82, 2.24) is 15.5 Å². The number of hydrogen-bond donors (Lipinski definition) is 1. The van der Waals surface area contributed by atoms with Crippen LogP contribution in [0.4, 0.5) is 0 Å². The van der Waals surface area contributed by atoms with Crippen molar-refractivity contribution in [3.05, 3.63) is 11.7 Å². The lowest BCUT2D eigenvalue weighted by atomic mass is 9.85. The molecule has 0 saturated carbocycles. The number of ether oxygens (including phenoxy) is 1. The maximum Gasteiger partial charge on any atom is 0.228 e. The molecule has 102 valence electrons. The molecule has 2 heterocycles. The highest BCUT2D eigenvalue weighted by Gasteiger charge is 2.27. The SMILES string of the molecule is CNC(Cc1nc(C2CCOC2)no1)C(C)(C)C. The molecule has 1 saturated heterocycles. The predicted molar refractivity (Wildman–Crippen MR) is 68.5 cm³/mol. The van der Waals surface area contributed by atoms with Gasteiger partial charge in [0.05, 0.1) is 6.61 Å². The lowest BCUT2D eigenvalue weighted by Gasteiger charge is -2.29. The largest absolute Gasteiger partial charge is 0.381 e. The third-order valence-electron chi connectivity index (χ3n) is 3.55. The highest BCUT2D eigenvalue weighted by atomic mass is 16.5. The molecule has 0 spiro atoms. The fourth-order valence-corrected chi connectivity index (χ4v) is 2.27. The van der Waals surface area contributed by atoms with Crippen LogP contribution in [0.5, 0.6) is 0 Å². The van der Waals surface area contributed by atoms with Crippen LogP contribution in [-0.2, 0) is 11.2 Å². The zero-order chi connectivity index (χ0) is 13.2. The molecule has 2 unspecified atom stereocenters. The molecule has 2 atom stereocenters. The molecule has 1 fully saturated rings. The van der Waals surface area contributed by atoms with Crippen molar-refractivity contribution in [1.29, 1.82) is 0 Å². The minimum Gasteiger partial charge on any atom is -0.381 e. The molecule has 1 aromatic rings. The Balaban J connectivity index is 2.01. The average molecular weight is 253 g/mol. The monoisotopic (exact) mass is 253 g/mol. The van der Waals surface area contributed by atoms with Crippen molar-refractivity contribution in [3.63, 3.8) is 0 Å². The summed E-state index contributed by atoms with van der Waals surface area (Å²) in [5.74, 6) is 1.82. The third kappa shape index (κ3) is 3.09. The van der Waals surface area contributed by atoms with E-state index in [-0.39, 0.29) is 5.41 Å². The van der Waals surface area contributed by atoms with Crippen molar-refractivity contribution in [2.75, 3.05) is 20.3 Å². The topological polar surface area (TPSA) is 60.2 Å². The summed E-state index contributed by atoms with van der Waals surface area (Å²) in [6.45, 7) is 8.13. The van der Waals surface area contributed by atoms with Crippen LogP contribution in [0.3, 0.4) is 0 Å². The molecule has 1 aliphatic heterocycles. The van der Waals surface area contributed by atoms with Gasteiger partial charge in [-0.1, -0.05) is 25.9 Å². The Bertz CT molecular complexity index is 378. The van der Waals surface area contributed by atoms with Gasteiger partial charge in [0.25, 0.3) is 0 Å². The van der Waals surface area contributed by atoms with Crippen LogP contribution in [0.2, 0.25) is 0 Å². The molecular weight excluding hydrogens is 230 g/mol. The van der Waals surface area contributed by atoms with Gasteiger partial charge in [0.1, 0.15) is 0 Å². The molecular formula is C13H23N3O2. The van der Waals surface area contributed by atoms with E-state index < -0.39 is 0 Å². The highest BCUT2D eigenvalue weighted by molar-refractivity contribution is 4.99. The van der Waals surface area contributed by atoms with Gasteiger partial charge in [-0.2, -0.15) is 4.98 Å². The van der Waals surface area contributed by atoms with Gasteiger partial charge in [-0.3, -0.25) is 0 Å². The highest BCUT2D eigenvalue weighted by Crippen LogP contribution is 2.25. The van der Waals surface area contributed by atoms with E-state index in [0.29, 0.717) is 24.5 Å². The summed E-state index contributed by atoms with van der Waals surface area (Å²) >= 11 is 0. The van der Waals surface area contributed by atoms with Gasteiger partial charge in [-0.05, 0) is 18.9 Å². The third-order valence-corrected chi connectivity index (χ3v) is 3.55. The molecule has 1 aromatic heterocycles. The standard InChI is InChI=1S/C13H23N3O2/c1-13(2,3)10(14-4)7-11-15-12(16-18-11)9-5-6-17-8-9/h9-10,14H,5-8H2,1-4H3. The Morgan fingerprint density at radius 2 is 2.22 bits per heavy atom. The molecule has 0 bridgehead atoms. The van der Waals surface area contributed by atoms with E-state index in [4.69, 9.17) is 9.26 Å². The molecule has 1 N–H and O–H groups in total. The number of aromatic nitrogens is 2. The number of nitrogens with zero attached hydrogens (tertiary/aromatic N) is 2. The summed E-state index contributed by atoms with van der Waals surface area (Å²) in [5, 5.41) is 7.39. The predicted octanol–water partition coefficient (Wildman–Crippen LogP) is 1.75. The van der Waals surface area contributed by atoms with Crippen LogP contribution in [-0.4, -0.2) is 36.4 Å². The molecule has 1 aliphatic rings. The lowest BCUT2D eigenvalue weighted by Crippen LogP contribution is -2.39. The number of likely N-dealkylation sites (N-methyl/N-ethyl adjacent to an activating group) is 1. The van der Waals surface area contributed by atoms with Gasteiger partial charge in [0.15, 0.2) is 5.82 Å². The summed E-state index contributed by atoms with van der Waals surface area (Å²) in [6.07, 6.45) is 1.76. The molecule has 5 heteroatoms. The Kier molecular flexibility index (Phi) is 4.02. The van der Waals surface area contributed by atoms with Gasteiger partial charge in [-0.15, -0.1) is 0 Å². The first-order valence-corrected chi connectivity index (χ1v) is 6.58. The number of nitrogens with one attached hydrogen (secondary N) is 1. The normalized spacial score (nSPS) is 22.3. The van der Waals surface area contributed by atoms with Gasteiger partial charge >= 0.3 is 0 Å². The van der Waals surface area contributed by atoms with Crippen molar-refractivity contribution < 1.29 is 9.26 Å². The maximum atomic E-state index is 5.35. The van der Waals surface area contributed by atoms with E-state index in [2.05, 4.69) is 36.2 Å². The van der Waals surface area contributed by atoms with E-state index in [1.807, 2.05) is 7.05 Å². The van der Waals surface area contributed by atoms with E-state index in [1.54, 1.807) is 0 Å². The van der Waals surface area contributed by atoms with Gasteiger partial charge < -0.3 is 14.6 Å². The summed E-state index contributed by atoms with van der Waals surface area (Å²) in [5.41, 5.74) is 0.167. The average Bonchev–Trinajstić information content (AvgIpc) is 2.94. The molecule has 0 aliphatic carbocycles. The smallest absolute Gasteiger partial charge is 0.228 e. The molecule has 0 amide bonds. The zero-order valence-electron chi connectivity index (χ0n) is 11.7. The second-order valence-electron chi connectivity index (χ2n) is 6.02. The van der Waals surface area contributed by atoms with Crippen LogP contribution in [0.1, 0.15) is 44.8 Å². The molecule has 5 nitrogen and oxygen atoms in total. The summed E-state index contributed by atoms with van der Waals surface area (Å²) in [6, 6.07) is 0.325.